The first kappa shape index (κ1) is 14.7. The molecule has 0 fully saturated rings. The molecule has 0 radical (unpaired) electrons. The van der Waals surface area contributed by atoms with Crippen LogP contribution in [-0.2, 0) is 4.79 Å². The van der Waals surface area contributed by atoms with Crippen LogP contribution in [0.25, 0.3) is 0 Å². The molecule has 16 heavy (non-hydrogen) atoms. The molecule has 0 heterocycles. The Morgan fingerprint density at radius 1 is 1.19 bits per heavy atom. The Labute approximate surface area is 96.6 Å². The van der Waals surface area contributed by atoms with Crippen molar-refractivity contribution in [2.75, 3.05) is 0 Å². The van der Waals surface area contributed by atoms with Crippen LogP contribution < -0.4 is 10.6 Å². The molecule has 0 aliphatic carbocycles. The fourth-order valence-electron chi connectivity index (χ4n) is 1.43. The summed E-state index contributed by atoms with van der Waals surface area (Å²) in [5.74, 6) is -1.14. The highest BCUT2D eigenvalue weighted by Gasteiger charge is 2.23. The van der Waals surface area contributed by atoms with E-state index in [1.807, 2.05) is 13.8 Å². The molecule has 0 aromatic rings. The Bertz CT molecular complexity index is 241. The summed E-state index contributed by atoms with van der Waals surface area (Å²) in [6, 6.07) is -1.19. The van der Waals surface area contributed by atoms with Gasteiger partial charge >= 0.3 is 12.0 Å². The van der Waals surface area contributed by atoms with E-state index in [-0.39, 0.29) is 12.0 Å². The fourth-order valence-corrected chi connectivity index (χ4v) is 1.43. The quantitative estimate of drug-likeness (QED) is 0.648. The third-order valence-electron chi connectivity index (χ3n) is 2.32. The van der Waals surface area contributed by atoms with Crippen LogP contribution in [0.5, 0.6) is 0 Å². The third kappa shape index (κ3) is 5.58. The molecule has 0 saturated carbocycles. The van der Waals surface area contributed by atoms with Gasteiger partial charge in [0.05, 0.1) is 0 Å². The van der Waals surface area contributed by atoms with Gasteiger partial charge < -0.3 is 15.7 Å². The Balaban J connectivity index is 4.15. The predicted octanol–water partition coefficient (Wildman–Crippen LogP) is 1.58. The van der Waals surface area contributed by atoms with Crippen LogP contribution in [0.1, 0.15) is 40.5 Å². The number of nitrogens with one attached hydrogen (secondary N) is 2. The monoisotopic (exact) mass is 230 g/mol. The maximum Gasteiger partial charge on any atom is 0.326 e. The number of carboxylic acid groups (broad SMARTS) is 1. The molecular weight excluding hydrogens is 208 g/mol. The zero-order chi connectivity index (χ0) is 12.7. The van der Waals surface area contributed by atoms with E-state index >= 15 is 0 Å². The lowest BCUT2D eigenvalue weighted by Gasteiger charge is -2.20. The van der Waals surface area contributed by atoms with E-state index in [0.29, 0.717) is 0 Å². The van der Waals surface area contributed by atoms with E-state index in [9.17, 15) is 9.59 Å². The first-order valence-corrected chi connectivity index (χ1v) is 5.68. The van der Waals surface area contributed by atoms with Crippen molar-refractivity contribution >= 4 is 12.0 Å². The van der Waals surface area contributed by atoms with Crippen LogP contribution >= 0.6 is 0 Å². The maximum atomic E-state index is 11.5. The van der Waals surface area contributed by atoms with Gasteiger partial charge in [-0.2, -0.15) is 0 Å². The smallest absolute Gasteiger partial charge is 0.326 e. The number of carbonyl (C=O) groups excluding carboxylic acids is 1. The van der Waals surface area contributed by atoms with Crippen molar-refractivity contribution < 1.29 is 14.7 Å². The average molecular weight is 230 g/mol. The normalized spacial score (nSPS) is 14.3. The third-order valence-corrected chi connectivity index (χ3v) is 2.32. The molecule has 0 rings (SSSR count). The second kappa shape index (κ2) is 7.09. The molecule has 2 unspecified atom stereocenters. The van der Waals surface area contributed by atoms with Crippen LogP contribution in [0, 0.1) is 5.92 Å². The first-order chi connectivity index (χ1) is 7.38. The standard InChI is InChI=1S/C11H22N2O3/c1-5-6-8(4)12-11(16)13-9(7(2)3)10(14)15/h7-9H,5-6H2,1-4H3,(H,14,15)(H2,12,13,16). The van der Waals surface area contributed by atoms with Gasteiger partial charge in [-0.25, -0.2) is 9.59 Å². The Hall–Kier alpha value is -1.26. The van der Waals surface area contributed by atoms with E-state index in [1.54, 1.807) is 13.8 Å². The number of carboxylic acids is 1. The number of rotatable bonds is 6. The van der Waals surface area contributed by atoms with Gasteiger partial charge in [-0.05, 0) is 19.3 Å². The van der Waals surface area contributed by atoms with E-state index in [2.05, 4.69) is 10.6 Å². The lowest BCUT2D eigenvalue weighted by molar-refractivity contribution is -0.140. The summed E-state index contributed by atoms with van der Waals surface area (Å²) in [7, 11) is 0. The molecule has 0 bridgehead atoms. The Morgan fingerprint density at radius 3 is 2.12 bits per heavy atom. The number of hydrogen-bond donors (Lipinski definition) is 3. The second-order valence-electron chi connectivity index (χ2n) is 4.37. The van der Waals surface area contributed by atoms with Gasteiger partial charge in [-0.1, -0.05) is 27.2 Å². The summed E-state index contributed by atoms with van der Waals surface area (Å²) in [5, 5.41) is 14.1. The molecule has 2 atom stereocenters. The minimum absolute atomic E-state index is 0.0617. The molecule has 5 nitrogen and oxygen atoms in total. The molecule has 0 aliphatic rings. The van der Waals surface area contributed by atoms with Crippen LogP contribution in [0.15, 0.2) is 0 Å². The average Bonchev–Trinajstić information content (AvgIpc) is 2.13. The Kier molecular flexibility index (Phi) is 6.53. The van der Waals surface area contributed by atoms with E-state index in [4.69, 9.17) is 5.11 Å². The van der Waals surface area contributed by atoms with Gasteiger partial charge in [0.2, 0.25) is 0 Å². The minimum atomic E-state index is -1.01. The maximum absolute atomic E-state index is 11.5. The van der Waals surface area contributed by atoms with E-state index in [1.165, 1.54) is 0 Å². The molecule has 0 aliphatic heterocycles. The van der Waals surface area contributed by atoms with Gasteiger partial charge in [0.15, 0.2) is 0 Å². The summed E-state index contributed by atoms with van der Waals surface area (Å²) >= 11 is 0. The van der Waals surface area contributed by atoms with Crippen molar-refractivity contribution in [1.82, 2.24) is 10.6 Å². The molecule has 94 valence electrons. The molecule has 0 spiro atoms. The van der Waals surface area contributed by atoms with E-state index < -0.39 is 18.0 Å². The van der Waals surface area contributed by atoms with E-state index in [0.717, 1.165) is 12.8 Å². The van der Waals surface area contributed by atoms with Crippen molar-refractivity contribution in [2.24, 2.45) is 5.92 Å². The molecule has 0 aromatic heterocycles. The van der Waals surface area contributed by atoms with Crippen molar-refractivity contribution in [3.63, 3.8) is 0 Å². The topological polar surface area (TPSA) is 78.4 Å². The molecular formula is C11H22N2O3. The zero-order valence-electron chi connectivity index (χ0n) is 10.4. The highest BCUT2D eigenvalue weighted by atomic mass is 16.4. The molecule has 3 N–H and O–H groups in total. The summed E-state index contributed by atoms with van der Waals surface area (Å²) in [4.78, 5) is 22.3. The van der Waals surface area contributed by atoms with Crippen LogP contribution in [0.2, 0.25) is 0 Å². The summed E-state index contributed by atoms with van der Waals surface area (Å²) in [5.41, 5.74) is 0. The van der Waals surface area contributed by atoms with Crippen LogP contribution in [0.3, 0.4) is 0 Å². The first-order valence-electron chi connectivity index (χ1n) is 5.68. The number of amides is 2. The summed E-state index contributed by atoms with van der Waals surface area (Å²) in [6.45, 7) is 7.45. The lowest BCUT2D eigenvalue weighted by Crippen LogP contribution is -2.50. The molecule has 5 heteroatoms. The van der Waals surface area contributed by atoms with Gasteiger partial charge in [-0.15, -0.1) is 0 Å². The zero-order valence-corrected chi connectivity index (χ0v) is 10.4. The van der Waals surface area contributed by atoms with Crippen molar-refractivity contribution in [1.29, 1.82) is 0 Å². The van der Waals surface area contributed by atoms with Crippen molar-refractivity contribution in [3.8, 4) is 0 Å². The van der Waals surface area contributed by atoms with Crippen LogP contribution in [0.4, 0.5) is 4.79 Å². The lowest BCUT2D eigenvalue weighted by atomic mass is 10.1. The van der Waals surface area contributed by atoms with Gasteiger partial charge in [-0.3, -0.25) is 0 Å². The highest BCUT2D eigenvalue weighted by molar-refractivity contribution is 5.82. The Morgan fingerprint density at radius 2 is 1.75 bits per heavy atom. The van der Waals surface area contributed by atoms with Crippen molar-refractivity contribution in [3.05, 3.63) is 0 Å². The summed E-state index contributed by atoms with van der Waals surface area (Å²) in [6.07, 6.45) is 1.86. The minimum Gasteiger partial charge on any atom is -0.480 e. The van der Waals surface area contributed by atoms with Gasteiger partial charge in [0.1, 0.15) is 6.04 Å². The van der Waals surface area contributed by atoms with Crippen molar-refractivity contribution in [2.45, 2.75) is 52.6 Å². The molecule has 0 aromatic carbocycles. The summed E-state index contributed by atoms with van der Waals surface area (Å²) < 4.78 is 0. The molecule has 0 saturated heterocycles. The van der Waals surface area contributed by atoms with Gasteiger partial charge in [0, 0.05) is 6.04 Å². The fraction of sp³-hybridized carbons (Fsp3) is 0.818. The second-order valence-corrected chi connectivity index (χ2v) is 4.37. The SMILES string of the molecule is CCCC(C)NC(=O)NC(C(=O)O)C(C)C. The highest BCUT2D eigenvalue weighted by Crippen LogP contribution is 2.02. The number of aliphatic carboxylic acids is 1. The molecule has 2 amide bonds. The number of hydrogen-bond acceptors (Lipinski definition) is 2. The predicted molar refractivity (Wildman–Crippen MR) is 62.3 cm³/mol. The number of urea groups is 1. The largest absolute Gasteiger partial charge is 0.480 e. The van der Waals surface area contributed by atoms with Crippen LogP contribution in [-0.4, -0.2) is 29.2 Å². The number of carbonyl (C=O) groups is 2. The van der Waals surface area contributed by atoms with Gasteiger partial charge in [0.25, 0.3) is 0 Å².